The second kappa shape index (κ2) is 2.58. The van der Waals surface area contributed by atoms with Crippen LogP contribution in [0.15, 0.2) is 0 Å². The van der Waals surface area contributed by atoms with Crippen molar-refractivity contribution in [2.45, 2.75) is 11.7 Å². The highest BCUT2D eigenvalue weighted by molar-refractivity contribution is 7.81. The van der Waals surface area contributed by atoms with Crippen molar-refractivity contribution in [1.29, 1.82) is 10.5 Å². The second-order valence-corrected chi connectivity index (χ2v) is 2.82. The summed E-state index contributed by atoms with van der Waals surface area (Å²) in [6.07, 6.45) is 0. The molecule has 0 bridgehead atoms. The van der Waals surface area contributed by atoms with Gasteiger partial charge in [0.15, 0.2) is 11.1 Å². The Morgan fingerprint density at radius 1 is 1.56 bits per heavy atom. The topological polar surface area (TPSA) is 84.9 Å². The van der Waals surface area contributed by atoms with E-state index >= 15 is 0 Å². The maximum absolute atomic E-state index is 10.1. The molecular formula is C4H4N2O2S. The van der Waals surface area contributed by atoms with Gasteiger partial charge in [-0.3, -0.25) is 0 Å². The van der Waals surface area contributed by atoms with E-state index in [-0.39, 0.29) is 0 Å². The summed E-state index contributed by atoms with van der Waals surface area (Å²) < 4.78 is 16.7. The van der Waals surface area contributed by atoms with Crippen molar-refractivity contribution in [3.8, 4) is 12.1 Å². The van der Waals surface area contributed by atoms with Crippen molar-refractivity contribution in [2.75, 3.05) is 0 Å². The third-order valence-electron chi connectivity index (χ3n) is 0.776. The van der Waals surface area contributed by atoms with Gasteiger partial charge in [-0.25, -0.2) is 4.21 Å². The van der Waals surface area contributed by atoms with Gasteiger partial charge >= 0.3 is 0 Å². The first-order chi connectivity index (χ1) is 4.06. The molecule has 4 nitrogen and oxygen atoms in total. The van der Waals surface area contributed by atoms with Crippen molar-refractivity contribution >= 4 is 11.1 Å². The van der Waals surface area contributed by atoms with Crippen LogP contribution in [0.1, 0.15) is 6.92 Å². The monoisotopic (exact) mass is 144 g/mol. The zero-order valence-electron chi connectivity index (χ0n) is 4.66. The maximum Gasteiger partial charge on any atom is 0.239 e. The molecule has 0 saturated carbocycles. The molecule has 5 heteroatoms. The Kier molecular flexibility index (Phi) is 2.32. The molecule has 0 amide bonds. The minimum atomic E-state index is -2.39. The Labute approximate surface area is 55.0 Å². The van der Waals surface area contributed by atoms with Gasteiger partial charge < -0.3 is 4.55 Å². The van der Waals surface area contributed by atoms with Crippen LogP contribution in [0.2, 0.25) is 0 Å². The first kappa shape index (κ1) is 8.09. The van der Waals surface area contributed by atoms with Crippen LogP contribution in [0.3, 0.4) is 0 Å². The molecule has 0 aliphatic rings. The first-order valence-electron chi connectivity index (χ1n) is 2.00. The van der Waals surface area contributed by atoms with Gasteiger partial charge in [-0.1, -0.05) is 0 Å². The molecule has 0 aliphatic heterocycles. The summed E-state index contributed by atoms with van der Waals surface area (Å²) in [6, 6.07) is 2.83. The number of nitriles is 2. The lowest BCUT2D eigenvalue weighted by atomic mass is 10.2. The lowest BCUT2D eigenvalue weighted by Crippen LogP contribution is -2.25. The summed E-state index contributed by atoms with van der Waals surface area (Å²) in [6.45, 7) is 1.10. The average Bonchev–Trinajstić information content (AvgIpc) is 1.86. The predicted octanol–water partition coefficient (Wildman–Crippen LogP) is 0.0140. The SMILES string of the molecule is CC(C#N)(C#N)S(=O)O. The zero-order chi connectivity index (χ0) is 7.49. The summed E-state index contributed by atoms with van der Waals surface area (Å²) in [5.41, 5.74) is 0. The van der Waals surface area contributed by atoms with Crippen LogP contribution in [-0.2, 0) is 11.1 Å². The van der Waals surface area contributed by atoms with E-state index in [0.717, 1.165) is 6.92 Å². The molecule has 48 valence electrons. The molecule has 0 fully saturated rings. The number of rotatable bonds is 1. The summed E-state index contributed by atoms with van der Waals surface area (Å²) in [7, 11) is 0. The molecular weight excluding hydrogens is 140 g/mol. The molecule has 0 aromatic heterocycles. The van der Waals surface area contributed by atoms with Gasteiger partial charge in [-0.2, -0.15) is 10.5 Å². The smallest absolute Gasteiger partial charge is 0.239 e. The molecule has 9 heavy (non-hydrogen) atoms. The van der Waals surface area contributed by atoms with Gasteiger partial charge in [0.2, 0.25) is 4.75 Å². The van der Waals surface area contributed by atoms with Gasteiger partial charge in [0.05, 0.1) is 0 Å². The Bertz CT molecular complexity index is 198. The van der Waals surface area contributed by atoms with E-state index in [1.807, 2.05) is 0 Å². The van der Waals surface area contributed by atoms with E-state index in [9.17, 15) is 4.21 Å². The number of hydrogen-bond donors (Lipinski definition) is 1. The molecule has 0 saturated heterocycles. The van der Waals surface area contributed by atoms with Crippen molar-refractivity contribution in [1.82, 2.24) is 0 Å². The minimum absolute atomic E-state index is 1.10. The van der Waals surface area contributed by atoms with Gasteiger partial charge in [0.25, 0.3) is 0 Å². The van der Waals surface area contributed by atoms with E-state index in [1.165, 1.54) is 12.1 Å². The second-order valence-electron chi connectivity index (χ2n) is 1.51. The zero-order valence-corrected chi connectivity index (χ0v) is 5.47. The van der Waals surface area contributed by atoms with Gasteiger partial charge in [-0.05, 0) is 6.92 Å². The number of hydrogen-bond acceptors (Lipinski definition) is 3. The first-order valence-corrected chi connectivity index (χ1v) is 3.11. The van der Waals surface area contributed by atoms with Crippen LogP contribution in [0.4, 0.5) is 0 Å². The lowest BCUT2D eigenvalue weighted by molar-refractivity contribution is 0.550. The van der Waals surface area contributed by atoms with E-state index < -0.39 is 15.8 Å². The molecule has 0 rings (SSSR count). The highest BCUT2D eigenvalue weighted by Gasteiger charge is 2.30. The van der Waals surface area contributed by atoms with Crippen LogP contribution in [-0.4, -0.2) is 13.5 Å². The van der Waals surface area contributed by atoms with Crippen molar-refractivity contribution in [3.63, 3.8) is 0 Å². The normalized spacial score (nSPS) is 13.3. The summed E-state index contributed by atoms with van der Waals surface area (Å²) in [5, 5.41) is 16.3. The minimum Gasteiger partial charge on any atom is -0.304 e. The average molecular weight is 144 g/mol. The Morgan fingerprint density at radius 2 is 1.89 bits per heavy atom. The standard InChI is InChI=1S/C4H4N2O2S/c1-4(2-5,3-6)9(7)8/h1H3,(H,7,8). The molecule has 0 radical (unpaired) electrons. The van der Waals surface area contributed by atoms with Crippen molar-refractivity contribution < 1.29 is 8.76 Å². The summed E-state index contributed by atoms with van der Waals surface area (Å²) >= 11 is -2.39. The molecule has 1 unspecified atom stereocenters. The molecule has 1 N–H and O–H groups in total. The van der Waals surface area contributed by atoms with Gasteiger partial charge in [0, 0.05) is 0 Å². The van der Waals surface area contributed by atoms with E-state index in [1.54, 1.807) is 0 Å². The summed E-state index contributed by atoms with van der Waals surface area (Å²) in [4.78, 5) is 0. The molecule has 0 aliphatic carbocycles. The van der Waals surface area contributed by atoms with Crippen LogP contribution in [0.25, 0.3) is 0 Å². The number of nitrogens with zero attached hydrogens (tertiary/aromatic N) is 2. The molecule has 0 aromatic rings. The fourth-order valence-corrected chi connectivity index (χ4v) is 0.259. The predicted molar refractivity (Wildman–Crippen MR) is 30.4 cm³/mol. The maximum atomic E-state index is 10.1. The highest BCUT2D eigenvalue weighted by Crippen LogP contribution is 2.07. The lowest BCUT2D eigenvalue weighted by Gasteiger charge is -2.02. The van der Waals surface area contributed by atoms with Gasteiger partial charge in [-0.15, -0.1) is 0 Å². The van der Waals surface area contributed by atoms with Crippen LogP contribution < -0.4 is 0 Å². The van der Waals surface area contributed by atoms with Crippen LogP contribution >= 0.6 is 0 Å². The quantitative estimate of drug-likeness (QED) is 0.525. The molecule has 0 heterocycles. The Balaban J connectivity index is 4.60. The largest absolute Gasteiger partial charge is 0.304 e. The fraction of sp³-hybridized carbons (Fsp3) is 0.500. The van der Waals surface area contributed by atoms with Crippen LogP contribution in [0, 0.1) is 22.7 Å². The third-order valence-corrected chi connectivity index (χ3v) is 1.66. The molecule has 0 spiro atoms. The van der Waals surface area contributed by atoms with Crippen LogP contribution in [0.5, 0.6) is 0 Å². The Morgan fingerprint density at radius 3 is 1.89 bits per heavy atom. The van der Waals surface area contributed by atoms with Crippen molar-refractivity contribution in [2.24, 2.45) is 0 Å². The third kappa shape index (κ3) is 1.49. The highest BCUT2D eigenvalue weighted by atomic mass is 32.2. The molecule has 0 aromatic carbocycles. The van der Waals surface area contributed by atoms with E-state index in [2.05, 4.69) is 0 Å². The van der Waals surface area contributed by atoms with E-state index in [4.69, 9.17) is 15.1 Å². The van der Waals surface area contributed by atoms with Gasteiger partial charge in [0.1, 0.15) is 12.1 Å². The molecule has 1 atom stereocenters. The summed E-state index contributed by atoms with van der Waals surface area (Å²) in [5.74, 6) is 0. The van der Waals surface area contributed by atoms with E-state index in [0.29, 0.717) is 0 Å². The van der Waals surface area contributed by atoms with Crippen molar-refractivity contribution in [3.05, 3.63) is 0 Å². The Hall–Kier alpha value is -0.910. The fourth-order valence-electron chi connectivity index (χ4n) is 0.103.